The quantitative estimate of drug-likeness (QED) is 0.820. The van der Waals surface area contributed by atoms with E-state index in [1.807, 2.05) is 19.2 Å². The Morgan fingerprint density at radius 1 is 1.53 bits per heavy atom. The zero-order valence-electron chi connectivity index (χ0n) is 8.83. The second kappa shape index (κ2) is 4.52. The summed E-state index contributed by atoms with van der Waals surface area (Å²) in [6.45, 7) is 0.187. The minimum Gasteiger partial charge on any atom is -0.395 e. The van der Waals surface area contributed by atoms with Crippen LogP contribution in [0.25, 0.3) is 0 Å². The molecule has 0 saturated carbocycles. The molecule has 2 atom stereocenters. The van der Waals surface area contributed by atoms with Gasteiger partial charge in [0.1, 0.15) is 0 Å². The van der Waals surface area contributed by atoms with Crippen LogP contribution in [0.3, 0.4) is 0 Å². The van der Waals surface area contributed by atoms with E-state index < -0.39 is 0 Å². The highest BCUT2D eigenvalue weighted by Gasteiger charge is 2.28. The van der Waals surface area contributed by atoms with Crippen LogP contribution in [0.15, 0.2) is 18.2 Å². The molecule has 1 aromatic carbocycles. The number of halogens is 1. The van der Waals surface area contributed by atoms with E-state index in [4.69, 9.17) is 11.6 Å². The van der Waals surface area contributed by atoms with Gasteiger partial charge in [0.15, 0.2) is 0 Å². The largest absolute Gasteiger partial charge is 0.395 e. The number of hydrogen-bond donors (Lipinski definition) is 2. The van der Waals surface area contributed by atoms with Crippen LogP contribution in [0.1, 0.15) is 11.1 Å². The second-order valence-electron chi connectivity index (χ2n) is 4.12. The second-order valence-corrected chi connectivity index (χ2v) is 4.53. The molecule has 0 spiro atoms. The van der Waals surface area contributed by atoms with Crippen molar-refractivity contribution >= 4 is 11.6 Å². The van der Waals surface area contributed by atoms with E-state index in [0.29, 0.717) is 5.92 Å². The summed E-state index contributed by atoms with van der Waals surface area (Å²) in [7, 11) is 1.89. The number of fused-ring (bicyclic) bond motifs is 1. The third-order valence-corrected chi connectivity index (χ3v) is 3.65. The van der Waals surface area contributed by atoms with Crippen LogP contribution in [0.4, 0.5) is 0 Å². The average molecular weight is 226 g/mol. The first kappa shape index (κ1) is 10.9. The Labute approximate surface area is 95.3 Å². The number of likely N-dealkylation sites (N-methyl/N-ethyl adjacent to an activating group) is 1. The van der Waals surface area contributed by atoms with E-state index in [1.54, 1.807) is 0 Å². The molecule has 0 fully saturated rings. The van der Waals surface area contributed by atoms with E-state index >= 15 is 0 Å². The molecule has 1 aliphatic rings. The lowest BCUT2D eigenvalue weighted by atomic mass is 9.97. The Bertz CT molecular complexity index is 349. The van der Waals surface area contributed by atoms with E-state index in [0.717, 1.165) is 17.9 Å². The number of aliphatic hydroxyl groups excluding tert-OH is 1. The van der Waals surface area contributed by atoms with Crippen LogP contribution in [0.2, 0.25) is 5.02 Å². The Hall–Kier alpha value is -0.570. The number of nitrogens with one attached hydrogen (secondary N) is 1. The first-order valence-electron chi connectivity index (χ1n) is 5.30. The highest BCUT2D eigenvalue weighted by molar-refractivity contribution is 6.31. The van der Waals surface area contributed by atoms with Gasteiger partial charge in [0, 0.05) is 11.1 Å². The Kier molecular flexibility index (Phi) is 3.29. The van der Waals surface area contributed by atoms with Crippen molar-refractivity contribution in [2.75, 3.05) is 13.7 Å². The topological polar surface area (TPSA) is 32.3 Å². The minimum atomic E-state index is 0.175. The molecule has 2 nitrogen and oxygen atoms in total. The highest BCUT2D eigenvalue weighted by Crippen LogP contribution is 2.33. The van der Waals surface area contributed by atoms with Crippen LogP contribution in [0, 0.1) is 5.92 Å². The SMILES string of the molecule is CNC(CO)C1Cc2cccc(Cl)c2C1. The van der Waals surface area contributed by atoms with Crippen LogP contribution >= 0.6 is 11.6 Å². The molecule has 1 aliphatic carbocycles. The van der Waals surface area contributed by atoms with E-state index in [2.05, 4.69) is 11.4 Å². The molecular formula is C12H16ClNO. The summed E-state index contributed by atoms with van der Waals surface area (Å²) in [4.78, 5) is 0. The van der Waals surface area contributed by atoms with Gasteiger partial charge in [0.05, 0.1) is 6.61 Å². The van der Waals surface area contributed by atoms with E-state index in [9.17, 15) is 5.11 Å². The monoisotopic (exact) mass is 225 g/mol. The van der Waals surface area contributed by atoms with Gasteiger partial charge in [-0.15, -0.1) is 0 Å². The summed E-state index contributed by atoms with van der Waals surface area (Å²) in [6, 6.07) is 6.24. The number of aliphatic hydroxyl groups is 1. The van der Waals surface area contributed by atoms with E-state index in [1.165, 1.54) is 11.1 Å². The van der Waals surface area contributed by atoms with Gasteiger partial charge in [-0.25, -0.2) is 0 Å². The van der Waals surface area contributed by atoms with Crippen LogP contribution < -0.4 is 5.32 Å². The molecule has 0 aromatic heterocycles. The van der Waals surface area contributed by atoms with Crippen LogP contribution in [0.5, 0.6) is 0 Å². The maximum absolute atomic E-state index is 9.24. The normalized spacial score (nSPS) is 21.4. The van der Waals surface area contributed by atoms with Gasteiger partial charge in [-0.1, -0.05) is 23.7 Å². The van der Waals surface area contributed by atoms with E-state index in [-0.39, 0.29) is 12.6 Å². The Morgan fingerprint density at radius 3 is 2.93 bits per heavy atom. The summed E-state index contributed by atoms with van der Waals surface area (Å²) in [6.07, 6.45) is 1.99. The molecule has 82 valence electrons. The molecule has 2 rings (SSSR count). The molecule has 2 N–H and O–H groups in total. The lowest BCUT2D eigenvalue weighted by molar-refractivity contribution is 0.208. The van der Waals surface area contributed by atoms with Crippen molar-refractivity contribution in [1.29, 1.82) is 0 Å². The maximum atomic E-state index is 9.24. The fourth-order valence-electron chi connectivity index (χ4n) is 2.40. The molecule has 0 bridgehead atoms. The summed E-state index contributed by atoms with van der Waals surface area (Å²) >= 11 is 6.14. The van der Waals surface area contributed by atoms with Crippen molar-refractivity contribution in [1.82, 2.24) is 5.32 Å². The molecule has 2 unspecified atom stereocenters. The smallest absolute Gasteiger partial charge is 0.0587 e. The number of rotatable bonds is 3. The van der Waals surface area contributed by atoms with Crippen molar-refractivity contribution < 1.29 is 5.11 Å². The molecule has 0 saturated heterocycles. The first-order valence-corrected chi connectivity index (χ1v) is 5.68. The predicted octanol–water partition coefficient (Wildman–Crippen LogP) is 1.64. The molecule has 15 heavy (non-hydrogen) atoms. The van der Waals surface area contributed by atoms with Crippen LogP contribution in [-0.4, -0.2) is 24.8 Å². The highest BCUT2D eigenvalue weighted by atomic mass is 35.5. The predicted molar refractivity (Wildman–Crippen MR) is 62.3 cm³/mol. The Morgan fingerprint density at radius 2 is 2.33 bits per heavy atom. The molecule has 0 radical (unpaired) electrons. The molecule has 0 amide bonds. The fourth-order valence-corrected chi connectivity index (χ4v) is 2.67. The summed E-state index contributed by atoms with van der Waals surface area (Å²) < 4.78 is 0. The van der Waals surface area contributed by atoms with Crippen molar-refractivity contribution in [2.24, 2.45) is 5.92 Å². The Balaban J connectivity index is 2.18. The van der Waals surface area contributed by atoms with Crippen molar-refractivity contribution in [3.63, 3.8) is 0 Å². The zero-order chi connectivity index (χ0) is 10.8. The lowest BCUT2D eigenvalue weighted by Gasteiger charge is -2.20. The van der Waals surface area contributed by atoms with Gasteiger partial charge in [-0.05, 0) is 43.0 Å². The minimum absolute atomic E-state index is 0.175. The number of hydrogen-bond acceptors (Lipinski definition) is 2. The zero-order valence-corrected chi connectivity index (χ0v) is 9.59. The van der Waals surface area contributed by atoms with Crippen molar-refractivity contribution in [3.05, 3.63) is 34.3 Å². The summed E-state index contributed by atoms with van der Waals surface area (Å²) in [5, 5.41) is 13.3. The first-order chi connectivity index (χ1) is 7.26. The van der Waals surface area contributed by atoms with Gasteiger partial charge in [0.25, 0.3) is 0 Å². The third-order valence-electron chi connectivity index (χ3n) is 3.30. The van der Waals surface area contributed by atoms with Crippen LogP contribution in [-0.2, 0) is 12.8 Å². The lowest BCUT2D eigenvalue weighted by Crippen LogP contribution is -2.37. The van der Waals surface area contributed by atoms with Gasteiger partial charge in [-0.3, -0.25) is 0 Å². The van der Waals surface area contributed by atoms with Gasteiger partial charge in [-0.2, -0.15) is 0 Å². The van der Waals surface area contributed by atoms with Gasteiger partial charge >= 0.3 is 0 Å². The molecule has 0 heterocycles. The van der Waals surface area contributed by atoms with Crippen molar-refractivity contribution in [2.45, 2.75) is 18.9 Å². The fraction of sp³-hybridized carbons (Fsp3) is 0.500. The molecule has 1 aromatic rings. The molecular weight excluding hydrogens is 210 g/mol. The standard InChI is InChI=1S/C12H16ClNO/c1-14-12(7-15)9-5-8-3-2-4-11(13)10(8)6-9/h2-4,9,12,14-15H,5-7H2,1H3. The molecule has 3 heteroatoms. The number of benzene rings is 1. The van der Waals surface area contributed by atoms with Crippen molar-refractivity contribution in [3.8, 4) is 0 Å². The molecule has 0 aliphatic heterocycles. The average Bonchev–Trinajstić information content (AvgIpc) is 2.65. The van der Waals surface area contributed by atoms with Gasteiger partial charge in [0.2, 0.25) is 0 Å². The summed E-state index contributed by atoms with van der Waals surface area (Å²) in [5.41, 5.74) is 2.60. The maximum Gasteiger partial charge on any atom is 0.0587 e. The van der Waals surface area contributed by atoms with Gasteiger partial charge < -0.3 is 10.4 Å². The third kappa shape index (κ3) is 2.03. The summed E-state index contributed by atoms with van der Waals surface area (Å²) in [5.74, 6) is 0.468.